The van der Waals surface area contributed by atoms with Crippen molar-refractivity contribution in [3.05, 3.63) is 59.9 Å². The van der Waals surface area contributed by atoms with Gasteiger partial charge in [-0.25, -0.2) is 4.98 Å². The molecule has 0 saturated carbocycles. The van der Waals surface area contributed by atoms with Crippen LogP contribution in [0.1, 0.15) is 40.5 Å². The largest absolute Gasteiger partial charge is 0.349 e. The van der Waals surface area contributed by atoms with E-state index < -0.39 is 0 Å². The molecule has 144 valence electrons. The number of fused-ring (bicyclic) bond motifs is 1. The van der Waals surface area contributed by atoms with Crippen molar-refractivity contribution in [3.63, 3.8) is 0 Å². The van der Waals surface area contributed by atoms with Gasteiger partial charge in [-0.1, -0.05) is 6.07 Å². The topological polar surface area (TPSA) is 98.9 Å². The Morgan fingerprint density at radius 1 is 1.11 bits per heavy atom. The van der Waals surface area contributed by atoms with E-state index >= 15 is 0 Å². The van der Waals surface area contributed by atoms with Gasteiger partial charge in [0.05, 0.1) is 17.4 Å². The number of amides is 2. The van der Waals surface area contributed by atoms with Crippen molar-refractivity contribution in [2.75, 3.05) is 11.9 Å². The summed E-state index contributed by atoms with van der Waals surface area (Å²) in [5.74, 6) is -0.352. The van der Waals surface area contributed by atoms with E-state index in [9.17, 15) is 9.59 Å². The molecule has 0 radical (unpaired) electrons. The fourth-order valence-corrected chi connectivity index (χ4v) is 3.55. The summed E-state index contributed by atoms with van der Waals surface area (Å²) in [6.07, 6.45) is 3.43. The number of aromatic nitrogens is 2. The maximum absolute atomic E-state index is 12.6. The second-order valence-electron chi connectivity index (χ2n) is 7.22. The number of H-pyrrole nitrogens is 1. The lowest BCUT2D eigenvalue weighted by molar-refractivity contribution is 0.0924. The van der Waals surface area contributed by atoms with Gasteiger partial charge in [0, 0.05) is 28.9 Å². The number of nitrogens with one attached hydrogen (secondary N) is 4. The molecule has 1 aliphatic rings. The number of piperidine rings is 1. The Labute approximate surface area is 162 Å². The highest BCUT2D eigenvalue weighted by Gasteiger charge is 2.20. The van der Waals surface area contributed by atoms with Crippen molar-refractivity contribution >= 4 is 28.5 Å². The molecule has 0 aliphatic carbocycles. The third-order valence-corrected chi connectivity index (χ3v) is 5.02. The quantitative estimate of drug-likeness (QED) is 0.562. The summed E-state index contributed by atoms with van der Waals surface area (Å²) in [5, 5.41) is 9.33. The third-order valence-electron chi connectivity index (χ3n) is 5.02. The number of carbonyl (C=O) groups is 2. The van der Waals surface area contributed by atoms with E-state index in [0.29, 0.717) is 22.9 Å². The van der Waals surface area contributed by atoms with Crippen LogP contribution in [0.2, 0.25) is 0 Å². The van der Waals surface area contributed by atoms with Crippen LogP contribution in [0.5, 0.6) is 0 Å². The Morgan fingerprint density at radius 2 is 1.96 bits per heavy atom. The SMILES string of the molecule is CC1CC(NC(=O)c2cccc(NC(=O)c3ccc4nc[nH]c4c3)c2)CCN1. The predicted octanol–water partition coefficient (Wildman–Crippen LogP) is 2.69. The number of hydrogen-bond donors (Lipinski definition) is 4. The van der Waals surface area contributed by atoms with E-state index in [1.165, 1.54) is 0 Å². The summed E-state index contributed by atoms with van der Waals surface area (Å²) in [6.45, 7) is 3.03. The highest BCUT2D eigenvalue weighted by atomic mass is 16.2. The van der Waals surface area contributed by atoms with E-state index in [0.717, 1.165) is 30.4 Å². The van der Waals surface area contributed by atoms with E-state index in [1.807, 2.05) is 0 Å². The van der Waals surface area contributed by atoms with Crippen LogP contribution < -0.4 is 16.0 Å². The van der Waals surface area contributed by atoms with Crippen molar-refractivity contribution in [2.24, 2.45) is 0 Å². The first-order valence-electron chi connectivity index (χ1n) is 9.47. The molecule has 1 aliphatic heterocycles. The van der Waals surface area contributed by atoms with Crippen molar-refractivity contribution < 1.29 is 9.59 Å². The smallest absolute Gasteiger partial charge is 0.255 e. The van der Waals surface area contributed by atoms with E-state index in [2.05, 4.69) is 32.8 Å². The Hall–Kier alpha value is -3.19. The number of carbonyl (C=O) groups excluding carboxylic acids is 2. The molecule has 2 atom stereocenters. The zero-order chi connectivity index (χ0) is 19.5. The lowest BCUT2D eigenvalue weighted by Crippen LogP contribution is -2.46. The summed E-state index contributed by atoms with van der Waals surface area (Å²) < 4.78 is 0. The first-order chi connectivity index (χ1) is 13.6. The molecule has 28 heavy (non-hydrogen) atoms. The van der Waals surface area contributed by atoms with Crippen LogP contribution >= 0.6 is 0 Å². The van der Waals surface area contributed by atoms with Crippen molar-refractivity contribution in [2.45, 2.75) is 31.8 Å². The number of nitrogens with zero attached hydrogens (tertiary/aromatic N) is 1. The van der Waals surface area contributed by atoms with Crippen molar-refractivity contribution in [1.29, 1.82) is 0 Å². The molecule has 7 heteroatoms. The lowest BCUT2D eigenvalue weighted by Gasteiger charge is -2.28. The fourth-order valence-electron chi connectivity index (χ4n) is 3.55. The molecular weight excluding hydrogens is 354 g/mol. The van der Waals surface area contributed by atoms with E-state index in [4.69, 9.17) is 0 Å². The number of hydrogen-bond acceptors (Lipinski definition) is 4. The molecule has 2 heterocycles. The summed E-state index contributed by atoms with van der Waals surface area (Å²) >= 11 is 0. The Balaban J connectivity index is 1.44. The average Bonchev–Trinajstić information content (AvgIpc) is 3.16. The van der Waals surface area contributed by atoms with Gasteiger partial charge < -0.3 is 20.9 Å². The molecular formula is C21H23N5O2. The first-order valence-corrected chi connectivity index (χ1v) is 9.47. The minimum atomic E-state index is -0.235. The van der Waals surface area contributed by atoms with E-state index in [-0.39, 0.29) is 17.9 Å². The highest BCUT2D eigenvalue weighted by Crippen LogP contribution is 2.16. The van der Waals surface area contributed by atoms with Crippen molar-refractivity contribution in [3.8, 4) is 0 Å². The molecule has 4 rings (SSSR count). The molecule has 0 bridgehead atoms. The second-order valence-corrected chi connectivity index (χ2v) is 7.22. The molecule has 7 nitrogen and oxygen atoms in total. The highest BCUT2D eigenvalue weighted by molar-refractivity contribution is 6.06. The monoisotopic (exact) mass is 377 g/mol. The number of benzene rings is 2. The second kappa shape index (κ2) is 7.82. The van der Waals surface area contributed by atoms with Gasteiger partial charge in [-0.05, 0) is 62.7 Å². The van der Waals surface area contributed by atoms with Gasteiger partial charge >= 0.3 is 0 Å². The van der Waals surface area contributed by atoms with Crippen LogP contribution in [0.25, 0.3) is 11.0 Å². The minimum absolute atomic E-state index is 0.117. The minimum Gasteiger partial charge on any atom is -0.349 e. The fraction of sp³-hybridized carbons (Fsp3) is 0.286. The zero-order valence-electron chi connectivity index (χ0n) is 15.7. The molecule has 3 aromatic rings. The third kappa shape index (κ3) is 4.04. The van der Waals surface area contributed by atoms with Gasteiger partial charge in [0.15, 0.2) is 0 Å². The molecule has 4 N–H and O–H groups in total. The Kier molecular flexibility index (Phi) is 5.08. The van der Waals surface area contributed by atoms with E-state index in [1.54, 1.807) is 48.8 Å². The molecule has 0 spiro atoms. The van der Waals surface area contributed by atoms with Crippen LogP contribution in [0.3, 0.4) is 0 Å². The van der Waals surface area contributed by atoms with Crippen molar-refractivity contribution in [1.82, 2.24) is 20.6 Å². The number of rotatable bonds is 4. The van der Waals surface area contributed by atoms with Gasteiger partial charge in [-0.15, -0.1) is 0 Å². The molecule has 1 saturated heterocycles. The summed E-state index contributed by atoms with van der Waals surface area (Å²) in [5.41, 5.74) is 3.25. The average molecular weight is 377 g/mol. The normalized spacial score (nSPS) is 19.3. The van der Waals surface area contributed by atoms with Gasteiger partial charge in [0.2, 0.25) is 0 Å². The summed E-state index contributed by atoms with van der Waals surface area (Å²) in [4.78, 5) is 32.3. The first kappa shape index (κ1) is 18.2. The number of aromatic amines is 1. The molecule has 1 aromatic heterocycles. The van der Waals surface area contributed by atoms with Crippen LogP contribution in [0.15, 0.2) is 48.8 Å². The standard InChI is InChI=1S/C21H23N5O2/c1-13-9-17(7-8-22-13)26-20(27)14-3-2-4-16(10-14)25-21(28)15-5-6-18-19(11-15)24-12-23-18/h2-6,10-13,17,22H,7-9H2,1H3,(H,23,24)(H,25,28)(H,26,27). The summed E-state index contributed by atoms with van der Waals surface area (Å²) in [6, 6.07) is 12.9. The Morgan fingerprint density at radius 3 is 2.82 bits per heavy atom. The van der Waals surface area contributed by atoms with Gasteiger partial charge in [0.25, 0.3) is 11.8 Å². The van der Waals surface area contributed by atoms with Crippen LogP contribution in [-0.2, 0) is 0 Å². The number of imidazole rings is 1. The maximum atomic E-state index is 12.6. The van der Waals surface area contributed by atoms with Crippen LogP contribution in [0, 0.1) is 0 Å². The van der Waals surface area contributed by atoms with Gasteiger partial charge in [-0.3, -0.25) is 9.59 Å². The van der Waals surface area contributed by atoms with Crippen LogP contribution in [0.4, 0.5) is 5.69 Å². The molecule has 2 amide bonds. The van der Waals surface area contributed by atoms with Gasteiger partial charge in [0.1, 0.15) is 0 Å². The maximum Gasteiger partial charge on any atom is 0.255 e. The Bertz CT molecular complexity index is 1010. The number of anilines is 1. The molecule has 2 aromatic carbocycles. The summed E-state index contributed by atoms with van der Waals surface area (Å²) in [7, 11) is 0. The predicted molar refractivity (Wildman–Crippen MR) is 108 cm³/mol. The zero-order valence-corrected chi connectivity index (χ0v) is 15.7. The lowest BCUT2D eigenvalue weighted by atomic mass is 10.00. The molecule has 1 fully saturated rings. The van der Waals surface area contributed by atoms with Gasteiger partial charge in [-0.2, -0.15) is 0 Å². The van der Waals surface area contributed by atoms with Crippen LogP contribution in [-0.4, -0.2) is 40.4 Å². The molecule has 2 unspecified atom stereocenters.